The Labute approximate surface area is 206 Å². The minimum absolute atomic E-state index is 0. The second-order valence-electron chi connectivity index (χ2n) is 7.49. The van der Waals surface area contributed by atoms with Crippen molar-refractivity contribution in [1.82, 2.24) is 15.5 Å². The Balaban J connectivity index is 0.00000363. The van der Waals surface area contributed by atoms with Crippen molar-refractivity contribution >= 4 is 35.6 Å². The van der Waals surface area contributed by atoms with Crippen molar-refractivity contribution in [2.75, 3.05) is 45.9 Å². The van der Waals surface area contributed by atoms with Gasteiger partial charge in [-0.25, -0.2) is 4.99 Å². The van der Waals surface area contributed by atoms with Gasteiger partial charge in [-0.2, -0.15) is 0 Å². The fourth-order valence-electron chi connectivity index (χ4n) is 3.37. The van der Waals surface area contributed by atoms with E-state index in [-0.39, 0.29) is 34.6 Å². The van der Waals surface area contributed by atoms with Crippen LogP contribution in [0.5, 0.6) is 0 Å². The third-order valence-electron chi connectivity index (χ3n) is 5.16. The second kappa shape index (κ2) is 14.8. The van der Waals surface area contributed by atoms with Gasteiger partial charge >= 0.3 is 0 Å². The van der Waals surface area contributed by atoms with Gasteiger partial charge in [-0.05, 0) is 30.5 Å². The summed E-state index contributed by atoms with van der Waals surface area (Å²) in [5, 5.41) is 17.6. The zero-order valence-corrected chi connectivity index (χ0v) is 20.6. The Hall–Kier alpha value is -2.24. The van der Waals surface area contributed by atoms with Crippen LogP contribution in [0, 0.1) is 10.1 Å². The predicted molar refractivity (Wildman–Crippen MR) is 138 cm³/mol. The molecule has 1 aliphatic heterocycles. The smallest absolute Gasteiger partial charge is 0.269 e. The van der Waals surface area contributed by atoms with E-state index in [4.69, 9.17) is 4.74 Å². The molecule has 2 N–H and O–H groups in total. The van der Waals surface area contributed by atoms with E-state index < -0.39 is 0 Å². The number of rotatable bonds is 10. The van der Waals surface area contributed by atoms with Gasteiger partial charge in [0.15, 0.2) is 5.96 Å². The molecule has 2 aromatic carbocycles. The minimum Gasteiger partial charge on any atom is -0.379 e. The number of guanidine groups is 1. The number of benzene rings is 2. The van der Waals surface area contributed by atoms with Gasteiger partial charge in [0, 0.05) is 38.3 Å². The first-order chi connectivity index (χ1) is 15.2. The topological polar surface area (TPSA) is 92.0 Å². The van der Waals surface area contributed by atoms with Crippen molar-refractivity contribution in [1.29, 1.82) is 0 Å². The average molecular weight is 553 g/mol. The summed E-state index contributed by atoms with van der Waals surface area (Å²) < 4.78 is 5.40. The van der Waals surface area contributed by atoms with Crippen LogP contribution in [-0.4, -0.2) is 61.7 Å². The lowest BCUT2D eigenvalue weighted by Crippen LogP contribution is -2.41. The molecule has 1 saturated heterocycles. The number of ether oxygens (including phenoxy) is 1. The van der Waals surface area contributed by atoms with E-state index in [1.165, 1.54) is 17.7 Å². The molecule has 2 aromatic rings. The second-order valence-corrected chi connectivity index (χ2v) is 7.49. The third kappa shape index (κ3) is 9.49. The standard InChI is InChI=1S/C23H31N5O3.HI/c29-28(30)22-9-7-21(8-10-22)19-26-23(25-13-11-20-5-2-1-3-6-20)24-12-4-14-27-15-17-31-18-16-27;/h1-3,5-10H,4,11-19H2,(H2,24,25,26);1H. The van der Waals surface area contributed by atoms with E-state index >= 15 is 0 Å². The number of hydrogen-bond donors (Lipinski definition) is 2. The van der Waals surface area contributed by atoms with Gasteiger partial charge < -0.3 is 15.4 Å². The van der Waals surface area contributed by atoms with E-state index in [0.29, 0.717) is 6.54 Å². The molecule has 0 amide bonds. The normalized spacial score (nSPS) is 14.4. The lowest BCUT2D eigenvalue weighted by molar-refractivity contribution is -0.384. The first kappa shape index (κ1) is 26.0. The molecule has 32 heavy (non-hydrogen) atoms. The Kier molecular flexibility index (Phi) is 12.0. The van der Waals surface area contributed by atoms with E-state index in [9.17, 15) is 10.1 Å². The summed E-state index contributed by atoms with van der Waals surface area (Å²) in [5.74, 6) is 0.760. The largest absolute Gasteiger partial charge is 0.379 e. The first-order valence-electron chi connectivity index (χ1n) is 10.8. The molecule has 0 atom stereocenters. The van der Waals surface area contributed by atoms with Crippen LogP contribution < -0.4 is 10.6 Å². The number of aliphatic imine (C=N–C) groups is 1. The molecule has 0 aromatic heterocycles. The molecule has 0 bridgehead atoms. The van der Waals surface area contributed by atoms with Crippen molar-refractivity contribution in [2.24, 2.45) is 4.99 Å². The van der Waals surface area contributed by atoms with Crippen LogP contribution in [0.1, 0.15) is 17.5 Å². The number of nitrogens with one attached hydrogen (secondary N) is 2. The maximum Gasteiger partial charge on any atom is 0.269 e. The summed E-state index contributed by atoms with van der Waals surface area (Å²) in [6.45, 7) is 6.73. The van der Waals surface area contributed by atoms with Gasteiger partial charge in [0.25, 0.3) is 5.69 Å². The van der Waals surface area contributed by atoms with E-state index in [1.54, 1.807) is 12.1 Å². The van der Waals surface area contributed by atoms with Crippen molar-refractivity contribution in [3.05, 3.63) is 75.8 Å². The number of morpholine rings is 1. The molecule has 1 aliphatic rings. The summed E-state index contributed by atoms with van der Waals surface area (Å²) in [6, 6.07) is 16.9. The molecule has 8 nitrogen and oxygen atoms in total. The number of nitro groups is 1. The fraction of sp³-hybridized carbons (Fsp3) is 0.435. The van der Waals surface area contributed by atoms with Crippen LogP contribution in [0.15, 0.2) is 59.6 Å². The molecular formula is C23H32IN5O3. The molecule has 9 heteroatoms. The van der Waals surface area contributed by atoms with Gasteiger partial charge in [0.2, 0.25) is 0 Å². The molecule has 0 radical (unpaired) electrons. The molecule has 0 unspecified atom stereocenters. The lowest BCUT2D eigenvalue weighted by Gasteiger charge is -2.26. The van der Waals surface area contributed by atoms with Crippen molar-refractivity contribution in [3.63, 3.8) is 0 Å². The quantitative estimate of drug-likeness (QED) is 0.117. The number of hydrogen-bond acceptors (Lipinski definition) is 5. The predicted octanol–water partition coefficient (Wildman–Crippen LogP) is 3.21. The number of halogens is 1. The highest BCUT2D eigenvalue weighted by Crippen LogP contribution is 2.12. The fourth-order valence-corrected chi connectivity index (χ4v) is 3.37. The number of nitrogens with zero attached hydrogens (tertiary/aromatic N) is 3. The first-order valence-corrected chi connectivity index (χ1v) is 10.8. The molecular weight excluding hydrogens is 521 g/mol. The highest BCUT2D eigenvalue weighted by atomic mass is 127. The highest BCUT2D eigenvalue weighted by Gasteiger charge is 2.09. The summed E-state index contributed by atoms with van der Waals surface area (Å²) in [4.78, 5) is 17.5. The zero-order valence-electron chi connectivity index (χ0n) is 18.2. The Bertz CT molecular complexity index is 827. The molecule has 0 saturated carbocycles. The van der Waals surface area contributed by atoms with Crippen molar-refractivity contribution in [3.8, 4) is 0 Å². The van der Waals surface area contributed by atoms with Crippen LogP contribution in [0.25, 0.3) is 0 Å². The Morgan fingerprint density at radius 2 is 1.69 bits per heavy atom. The maximum absolute atomic E-state index is 10.8. The minimum atomic E-state index is -0.389. The summed E-state index contributed by atoms with van der Waals surface area (Å²) in [6.07, 6.45) is 1.93. The van der Waals surface area contributed by atoms with E-state index in [1.807, 2.05) is 18.2 Å². The van der Waals surface area contributed by atoms with Crippen LogP contribution in [0.2, 0.25) is 0 Å². The van der Waals surface area contributed by atoms with Crippen molar-refractivity contribution in [2.45, 2.75) is 19.4 Å². The SMILES string of the molecule is I.O=[N+]([O-])c1ccc(CN=C(NCCCN2CCOCC2)NCCc2ccccc2)cc1. The zero-order chi connectivity index (χ0) is 21.7. The Morgan fingerprint density at radius 3 is 2.38 bits per heavy atom. The molecule has 0 spiro atoms. The Morgan fingerprint density at radius 1 is 1.00 bits per heavy atom. The van der Waals surface area contributed by atoms with Crippen LogP contribution in [0.3, 0.4) is 0 Å². The number of non-ortho nitro benzene ring substituents is 1. The lowest BCUT2D eigenvalue weighted by atomic mass is 10.1. The molecule has 1 heterocycles. The number of nitro benzene ring substituents is 1. The molecule has 3 rings (SSSR count). The summed E-state index contributed by atoms with van der Waals surface area (Å²) in [7, 11) is 0. The summed E-state index contributed by atoms with van der Waals surface area (Å²) in [5.41, 5.74) is 2.30. The van der Waals surface area contributed by atoms with Crippen LogP contribution >= 0.6 is 24.0 Å². The van der Waals surface area contributed by atoms with Gasteiger partial charge in [0.1, 0.15) is 0 Å². The van der Waals surface area contributed by atoms with Crippen LogP contribution in [-0.2, 0) is 17.7 Å². The van der Waals surface area contributed by atoms with E-state index in [2.05, 4.69) is 32.7 Å². The van der Waals surface area contributed by atoms with Gasteiger partial charge in [-0.1, -0.05) is 42.5 Å². The maximum atomic E-state index is 10.8. The van der Waals surface area contributed by atoms with Gasteiger partial charge in [-0.3, -0.25) is 15.0 Å². The summed E-state index contributed by atoms with van der Waals surface area (Å²) >= 11 is 0. The monoisotopic (exact) mass is 553 g/mol. The van der Waals surface area contributed by atoms with Crippen LogP contribution in [0.4, 0.5) is 5.69 Å². The van der Waals surface area contributed by atoms with E-state index in [0.717, 1.165) is 70.3 Å². The highest BCUT2D eigenvalue weighted by molar-refractivity contribution is 14.0. The molecule has 174 valence electrons. The van der Waals surface area contributed by atoms with Gasteiger partial charge in [0.05, 0.1) is 24.7 Å². The van der Waals surface area contributed by atoms with Crippen molar-refractivity contribution < 1.29 is 9.66 Å². The third-order valence-corrected chi connectivity index (χ3v) is 5.16. The van der Waals surface area contributed by atoms with Gasteiger partial charge in [-0.15, -0.1) is 24.0 Å². The molecule has 0 aliphatic carbocycles. The molecule has 1 fully saturated rings. The average Bonchev–Trinajstić information content (AvgIpc) is 2.81.